The van der Waals surface area contributed by atoms with Gasteiger partial charge in [0.05, 0.1) is 0 Å². The molecule has 0 radical (unpaired) electrons. The number of hydrogen-bond acceptors (Lipinski definition) is 6. The fourth-order valence-electron chi connectivity index (χ4n) is 2.45. The van der Waals surface area contributed by atoms with Gasteiger partial charge in [-0.15, -0.1) is 5.10 Å². The van der Waals surface area contributed by atoms with Crippen LogP contribution in [0.5, 0.6) is 0 Å². The number of nitrogens with zero attached hydrogens (tertiary/aromatic N) is 3. The van der Waals surface area contributed by atoms with Crippen molar-refractivity contribution < 1.29 is 18.8 Å². The fourth-order valence-corrected chi connectivity index (χ4v) is 2.45. The van der Waals surface area contributed by atoms with Crippen molar-refractivity contribution in [3.05, 3.63) is 29.3 Å². The maximum absolute atomic E-state index is 11.9. The van der Waals surface area contributed by atoms with Crippen LogP contribution in [0.15, 0.2) is 22.6 Å². The van der Waals surface area contributed by atoms with Crippen molar-refractivity contribution in [1.82, 2.24) is 15.1 Å². The summed E-state index contributed by atoms with van der Waals surface area (Å²) >= 11 is 0. The lowest BCUT2D eigenvalue weighted by atomic mass is 10.1. The average Bonchev–Trinajstić information content (AvgIpc) is 3.11. The molecule has 1 aromatic carbocycles. The predicted octanol–water partition coefficient (Wildman–Crippen LogP) is 1.44. The monoisotopic (exact) mass is 328 g/mol. The topological polar surface area (TPSA) is 105 Å². The SMILES string of the molecule is Cc1ccc(C)c(-c2nnc(NC(=O)CN3C(=O)CCC3=O)o2)c1. The van der Waals surface area contributed by atoms with Crippen molar-refractivity contribution in [3.63, 3.8) is 0 Å². The summed E-state index contributed by atoms with van der Waals surface area (Å²) in [6.45, 7) is 3.52. The highest BCUT2D eigenvalue weighted by molar-refractivity contribution is 6.05. The molecule has 3 rings (SSSR count). The van der Waals surface area contributed by atoms with Crippen molar-refractivity contribution >= 4 is 23.7 Å². The molecule has 3 amide bonds. The number of aromatic nitrogens is 2. The molecule has 2 aromatic rings. The number of rotatable bonds is 4. The van der Waals surface area contributed by atoms with Crippen LogP contribution in [-0.2, 0) is 14.4 Å². The second-order valence-electron chi connectivity index (χ2n) is 5.65. The predicted molar refractivity (Wildman–Crippen MR) is 83.8 cm³/mol. The lowest BCUT2D eigenvalue weighted by Gasteiger charge is -2.11. The van der Waals surface area contributed by atoms with E-state index in [4.69, 9.17) is 4.42 Å². The zero-order valence-electron chi connectivity index (χ0n) is 13.3. The third-order valence-corrected chi connectivity index (χ3v) is 3.75. The van der Waals surface area contributed by atoms with E-state index in [9.17, 15) is 14.4 Å². The van der Waals surface area contributed by atoms with Crippen LogP contribution >= 0.6 is 0 Å². The fraction of sp³-hybridized carbons (Fsp3) is 0.312. The van der Waals surface area contributed by atoms with Gasteiger partial charge in [0.15, 0.2) is 0 Å². The first-order chi connectivity index (χ1) is 11.4. The zero-order chi connectivity index (χ0) is 17.3. The van der Waals surface area contributed by atoms with Crippen LogP contribution < -0.4 is 5.32 Å². The van der Waals surface area contributed by atoms with E-state index in [-0.39, 0.29) is 37.2 Å². The molecule has 124 valence electrons. The molecule has 8 nitrogen and oxygen atoms in total. The number of carbonyl (C=O) groups excluding carboxylic acids is 3. The Morgan fingerprint density at radius 1 is 1.21 bits per heavy atom. The minimum atomic E-state index is -0.560. The molecule has 1 aliphatic rings. The average molecular weight is 328 g/mol. The van der Waals surface area contributed by atoms with Gasteiger partial charge >= 0.3 is 6.01 Å². The lowest BCUT2D eigenvalue weighted by Crippen LogP contribution is -2.36. The normalized spacial score (nSPS) is 14.3. The Bertz CT molecular complexity index is 811. The maximum atomic E-state index is 11.9. The quantitative estimate of drug-likeness (QED) is 0.851. The Labute approximate surface area is 137 Å². The second-order valence-corrected chi connectivity index (χ2v) is 5.65. The van der Waals surface area contributed by atoms with E-state index in [0.29, 0.717) is 5.89 Å². The van der Waals surface area contributed by atoms with E-state index in [2.05, 4.69) is 15.5 Å². The number of carbonyl (C=O) groups is 3. The van der Waals surface area contributed by atoms with Crippen LogP contribution in [-0.4, -0.2) is 39.4 Å². The summed E-state index contributed by atoms with van der Waals surface area (Å²) in [5.41, 5.74) is 2.80. The molecule has 0 unspecified atom stereocenters. The molecule has 1 fully saturated rings. The molecule has 1 aromatic heterocycles. The van der Waals surface area contributed by atoms with Crippen LogP contribution in [0.4, 0.5) is 6.01 Å². The molecule has 8 heteroatoms. The van der Waals surface area contributed by atoms with Gasteiger partial charge in [-0.1, -0.05) is 22.8 Å². The van der Waals surface area contributed by atoms with Gasteiger partial charge in [-0.25, -0.2) is 0 Å². The van der Waals surface area contributed by atoms with Crippen LogP contribution in [0.2, 0.25) is 0 Å². The lowest BCUT2D eigenvalue weighted by molar-refractivity contribution is -0.141. The first-order valence-corrected chi connectivity index (χ1v) is 7.48. The van der Waals surface area contributed by atoms with Gasteiger partial charge in [0, 0.05) is 18.4 Å². The Hall–Kier alpha value is -3.03. The first-order valence-electron chi connectivity index (χ1n) is 7.48. The number of anilines is 1. The number of likely N-dealkylation sites (tertiary alicyclic amines) is 1. The van der Waals surface area contributed by atoms with Crippen molar-refractivity contribution in [3.8, 4) is 11.5 Å². The smallest absolute Gasteiger partial charge is 0.322 e. The molecule has 24 heavy (non-hydrogen) atoms. The van der Waals surface area contributed by atoms with Crippen molar-refractivity contribution in [1.29, 1.82) is 0 Å². The van der Waals surface area contributed by atoms with Gasteiger partial charge in [0.2, 0.25) is 23.6 Å². The molecule has 1 N–H and O–H groups in total. The van der Waals surface area contributed by atoms with Crippen molar-refractivity contribution in [2.45, 2.75) is 26.7 Å². The molecule has 1 aliphatic heterocycles. The summed E-state index contributed by atoms with van der Waals surface area (Å²) in [6.07, 6.45) is 0.285. The zero-order valence-corrected chi connectivity index (χ0v) is 13.3. The van der Waals surface area contributed by atoms with Crippen LogP contribution in [0.3, 0.4) is 0 Å². The van der Waals surface area contributed by atoms with E-state index in [1.807, 2.05) is 32.0 Å². The summed E-state index contributed by atoms with van der Waals surface area (Å²) in [5, 5.41) is 10.1. The van der Waals surface area contributed by atoms with E-state index >= 15 is 0 Å². The van der Waals surface area contributed by atoms with Crippen LogP contribution in [0, 0.1) is 13.8 Å². The molecular formula is C16H16N4O4. The maximum Gasteiger partial charge on any atom is 0.322 e. The number of aryl methyl sites for hydroxylation is 2. The molecule has 2 heterocycles. The Kier molecular flexibility index (Phi) is 4.11. The van der Waals surface area contributed by atoms with Gasteiger partial charge in [0.1, 0.15) is 6.54 Å². The molecule has 0 bridgehead atoms. The Morgan fingerprint density at radius 3 is 2.62 bits per heavy atom. The number of hydrogen-bond donors (Lipinski definition) is 1. The highest BCUT2D eigenvalue weighted by Crippen LogP contribution is 2.24. The number of nitrogens with one attached hydrogen (secondary N) is 1. The third kappa shape index (κ3) is 3.17. The number of benzene rings is 1. The standard InChI is InChI=1S/C16H16N4O4/c1-9-3-4-10(2)11(7-9)15-18-19-16(24-15)17-12(21)8-20-13(22)5-6-14(20)23/h3-4,7H,5-6,8H2,1-2H3,(H,17,19,21). The summed E-state index contributed by atoms with van der Waals surface area (Å²) in [4.78, 5) is 35.9. The molecule has 0 aliphatic carbocycles. The minimum absolute atomic E-state index is 0.0741. The highest BCUT2D eigenvalue weighted by atomic mass is 16.4. The van der Waals surface area contributed by atoms with Crippen molar-refractivity contribution in [2.24, 2.45) is 0 Å². The van der Waals surface area contributed by atoms with Crippen molar-refractivity contribution in [2.75, 3.05) is 11.9 Å². The number of imide groups is 1. The summed E-state index contributed by atoms with van der Waals surface area (Å²) in [5.74, 6) is -0.969. The third-order valence-electron chi connectivity index (χ3n) is 3.75. The first kappa shape index (κ1) is 15.9. The highest BCUT2D eigenvalue weighted by Gasteiger charge is 2.30. The summed E-state index contributed by atoms with van der Waals surface area (Å²) in [7, 11) is 0. The number of amides is 3. The molecule has 0 atom stereocenters. The Morgan fingerprint density at radius 2 is 1.92 bits per heavy atom. The summed E-state index contributed by atoms with van der Waals surface area (Å²) in [6, 6.07) is 5.75. The van der Waals surface area contributed by atoms with Gasteiger partial charge in [-0.05, 0) is 25.5 Å². The molecular weight excluding hydrogens is 312 g/mol. The summed E-state index contributed by atoms with van der Waals surface area (Å²) < 4.78 is 5.45. The molecule has 0 spiro atoms. The van der Waals surface area contributed by atoms with Gasteiger partial charge in [-0.2, -0.15) is 0 Å². The minimum Gasteiger partial charge on any atom is -0.403 e. The van der Waals surface area contributed by atoms with Gasteiger partial charge < -0.3 is 4.42 Å². The largest absolute Gasteiger partial charge is 0.403 e. The van der Waals surface area contributed by atoms with Gasteiger partial charge in [0.25, 0.3) is 0 Å². The van der Waals surface area contributed by atoms with E-state index in [1.165, 1.54) is 0 Å². The van der Waals surface area contributed by atoms with E-state index in [0.717, 1.165) is 21.6 Å². The van der Waals surface area contributed by atoms with Crippen LogP contribution in [0.25, 0.3) is 11.5 Å². The van der Waals surface area contributed by atoms with E-state index in [1.54, 1.807) is 0 Å². The molecule has 1 saturated heterocycles. The van der Waals surface area contributed by atoms with Gasteiger partial charge in [-0.3, -0.25) is 24.6 Å². The second kappa shape index (κ2) is 6.23. The Balaban J connectivity index is 1.70. The van der Waals surface area contributed by atoms with E-state index < -0.39 is 5.91 Å². The van der Waals surface area contributed by atoms with Crippen LogP contribution in [0.1, 0.15) is 24.0 Å². The molecule has 0 saturated carbocycles.